The van der Waals surface area contributed by atoms with Gasteiger partial charge in [-0.2, -0.15) is 0 Å². The van der Waals surface area contributed by atoms with Crippen LogP contribution in [0.25, 0.3) is 0 Å². The Labute approximate surface area is 74.7 Å². The predicted molar refractivity (Wildman–Crippen MR) is 50.2 cm³/mol. The molecule has 0 amide bonds. The number of hydrogen-bond donors (Lipinski definition) is 0. The van der Waals surface area contributed by atoms with Crippen LogP contribution in [0.2, 0.25) is 0 Å². The zero-order valence-corrected chi connectivity index (χ0v) is 7.55. The van der Waals surface area contributed by atoms with Gasteiger partial charge in [-0.1, -0.05) is 0 Å². The Balaban J connectivity index is 2.20. The van der Waals surface area contributed by atoms with Crippen molar-refractivity contribution in [3.05, 3.63) is 12.3 Å². The molecule has 3 aliphatic rings. The standard InChI is InChI=1S/C11H16N/c1-3-10(2)12-7-4-11(5-8-12)6-9-12/h1,11H,2,4-9H2/q+1. The second-order valence-corrected chi connectivity index (χ2v) is 4.14. The number of terminal acetylenes is 1. The first-order valence-corrected chi connectivity index (χ1v) is 4.79. The minimum absolute atomic E-state index is 0.996. The number of allylic oxidation sites excluding steroid dienone is 1. The average molecular weight is 162 g/mol. The molecule has 0 radical (unpaired) electrons. The van der Waals surface area contributed by atoms with Crippen LogP contribution >= 0.6 is 0 Å². The summed E-state index contributed by atoms with van der Waals surface area (Å²) in [6.07, 6.45) is 9.50. The molecule has 0 saturated carbocycles. The van der Waals surface area contributed by atoms with Gasteiger partial charge in [-0.05, 0) is 18.4 Å². The number of nitrogens with zero attached hydrogens (tertiary/aromatic N) is 1. The summed E-state index contributed by atoms with van der Waals surface area (Å²) in [5, 5.41) is 0. The summed E-state index contributed by atoms with van der Waals surface area (Å²) in [6.45, 7) is 7.73. The van der Waals surface area contributed by atoms with Crippen LogP contribution in [0.3, 0.4) is 0 Å². The van der Waals surface area contributed by atoms with Crippen molar-refractivity contribution in [3.8, 4) is 12.3 Å². The molecule has 3 saturated heterocycles. The number of rotatable bonds is 1. The minimum Gasteiger partial charge on any atom is -0.284 e. The molecule has 0 spiro atoms. The molecule has 3 fully saturated rings. The minimum atomic E-state index is 0.996. The third kappa shape index (κ3) is 0.990. The lowest BCUT2D eigenvalue weighted by molar-refractivity contribution is -0.904. The highest BCUT2D eigenvalue weighted by molar-refractivity contribution is 5.15. The van der Waals surface area contributed by atoms with E-state index in [4.69, 9.17) is 6.42 Å². The van der Waals surface area contributed by atoms with Crippen LogP contribution in [0, 0.1) is 18.3 Å². The SMILES string of the molecule is C#CC(=C)[N+]12CCC(CC1)CC2. The zero-order chi connectivity index (χ0) is 8.60. The fourth-order valence-corrected chi connectivity index (χ4v) is 2.60. The second kappa shape index (κ2) is 2.64. The Hall–Kier alpha value is -0.740. The lowest BCUT2D eigenvalue weighted by Crippen LogP contribution is -2.56. The van der Waals surface area contributed by atoms with Gasteiger partial charge >= 0.3 is 0 Å². The van der Waals surface area contributed by atoms with E-state index in [1.807, 2.05) is 0 Å². The van der Waals surface area contributed by atoms with E-state index in [2.05, 4.69) is 12.5 Å². The number of quaternary nitrogens is 1. The Morgan fingerprint density at radius 2 is 1.75 bits per heavy atom. The van der Waals surface area contributed by atoms with Gasteiger partial charge in [0.25, 0.3) is 0 Å². The first kappa shape index (κ1) is 7.89. The molecule has 3 heterocycles. The summed E-state index contributed by atoms with van der Waals surface area (Å²) in [5.41, 5.74) is 1.01. The van der Waals surface area contributed by atoms with Crippen molar-refractivity contribution in [2.45, 2.75) is 19.3 Å². The summed E-state index contributed by atoms with van der Waals surface area (Å²) in [4.78, 5) is 0. The molecule has 12 heavy (non-hydrogen) atoms. The zero-order valence-electron chi connectivity index (χ0n) is 7.55. The number of fused-ring (bicyclic) bond motifs is 3. The van der Waals surface area contributed by atoms with Gasteiger partial charge < -0.3 is 0 Å². The maximum Gasteiger partial charge on any atom is 0.176 e. The maximum atomic E-state index is 5.42. The van der Waals surface area contributed by atoms with E-state index in [0.29, 0.717) is 0 Å². The summed E-state index contributed by atoms with van der Waals surface area (Å²) < 4.78 is 1.03. The molecule has 0 unspecified atom stereocenters. The molecule has 64 valence electrons. The molecule has 1 nitrogen and oxygen atoms in total. The topological polar surface area (TPSA) is 0 Å². The molecule has 0 aromatic carbocycles. The second-order valence-electron chi connectivity index (χ2n) is 4.14. The Kier molecular flexibility index (Phi) is 1.73. The summed E-state index contributed by atoms with van der Waals surface area (Å²) in [7, 11) is 0. The van der Waals surface area contributed by atoms with Crippen molar-refractivity contribution in [2.75, 3.05) is 19.6 Å². The van der Waals surface area contributed by atoms with Crippen LogP contribution in [0.5, 0.6) is 0 Å². The fraction of sp³-hybridized carbons (Fsp3) is 0.636. The monoisotopic (exact) mass is 162 g/mol. The van der Waals surface area contributed by atoms with Crippen LogP contribution in [0.4, 0.5) is 0 Å². The van der Waals surface area contributed by atoms with E-state index < -0.39 is 0 Å². The van der Waals surface area contributed by atoms with Gasteiger partial charge in [-0.25, -0.2) is 0 Å². The van der Waals surface area contributed by atoms with E-state index >= 15 is 0 Å². The van der Waals surface area contributed by atoms with Gasteiger partial charge in [0.15, 0.2) is 5.70 Å². The van der Waals surface area contributed by atoms with Crippen molar-refractivity contribution in [2.24, 2.45) is 5.92 Å². The molecule has 0 atom stereocenters. The van der Waals surface area contributed by atoms with Crippen molar-refractivity contribution in [3.63, 3.8) is 0 Å². The third-order valence-electron chi connectivity index (χ3n) is 3.64. The number of piperidine rings is 3. The van der Waals surface area contributed by atoms with Crippen LogP contribution < -0.4 is 0 Å². The predicted octanol–water partition coefficient (Wildman–Crippen LogP) is 1.76. The molecule has 1 heteroatoms. The molecule has 0 aromatic heterocycles. The first-order valence-electron chi connectivity index (χ1n) is 4.79. The van der Waals surface area contributed by atoms with Crippen LogP contribution in [0.1, 0.15) is 19.3 Å². The maximum absolute atomic E-state index is 5.42. The van der Waals surface area contributed by atoms with Crippen molar-refractivity contribution in [1.82, 2.24) is 0 Å². The van der Waals surface area contributed by atoms with Crippen LogP contribution in [0.15, 0.2) is 12.3 Å². The lowest BCUT2D eigenvalue weighted by Gasteiger charge is -2.48. The van der Waals surface area contributed by atoms with E-state index in [9.17, 15) is 0 Å². The van der Waals surface area contributed by atoms with Crippen LogP contribution in [-0.4, -0.2) is 24.1 Å². The van der Waals surface area contributed by atoms with E-state index in [1.165, 1.54) is 38.9 Å². The quantitative estimate of drug-likeness (QED) is 0.407. The first-order chi connectivity index (χ1) is 5.77. The highest BCUT2D eigenvalue weighted by atomic mass is 15.4. The summed E-state index contributed by atoms with van der Waals surface area (Å²) in [6, 6.07) is 0. The Morgan fingerprint density at radius 3 is 2.17 bits per heavy atom. The van der Waals surface area contributed by atoms with Gasteiger partial charge in [0, 0.05) is 19.3 Å². The van der Waals surface area contributed by atoms with E-state index in [1.54, 1.807) is 0 Å². The van der Waals surface area contributed by atoms with Gasteiger partial charge in [0.2, 0.25) is 0 Å². The van der Waals surface area contributed by atoms with Crippen molar-refractivity contribution < 1.29 is 4.48 Å². The molecular weight excluding hydrogens is 146 g/mol. The average Bonchev–Trinajstić information content (AvgIpc) is 2.19. The summed E-state index contributed by atoms with van der Waals surface area (Å²) in [5.74, 6) is 3.72. The highest BCUT2D eigenvalue weighted by Crippen LogP contribution is 2.36. The Bertz CT molecular complexity index is 224. The Morgan fingerprint density at radius 1 is 1.25 bits per heavy atom. The lowest BCUT2D eigenvalue weighted by atomic mass is 9.85. The largest absolute Gasteiger partial charge is 0.284 e. The van der Waals surface area contributed by atoms with Gasteiger partial charge in [0.1, 0.15) is 0 Å². The normalized spacial score (nSPS) is 39.1. The molecule has 2 bridgehead atoms. The molecular formula is C11H16N+. The highest BCUT2D eigenvalue weighted by Gasteiger charge is 2.41. The van der Waals surface area contributed by atoms with Crippen molar-refractivity contribution in [1.29, 1.82) is 0 Å². The van der Waals surface area contributed by atoms with Gasteiger partial charge in [-0.15, -0.1) is 6.42 Å². The molecule has 0 N–H and O–H groups in total. The van der Waals surface area contributed by atoms with E-state index in [0.717, 1.165) is 16.1 Å². The molecule has 0 aromatic rings. The molecule has 0 aliphatic carbocycles. The summed E-state index contributed by atoms with van der Waals surface area (Å²) >= 11 is 0. The van der Waals surface area contributed by atoms with Gasteiger partial charge in [-0.3, -0.25) is 4.48 Å². The molecule has 3 rings (SSSR count). The van der Waals surface area contributed by atoms with Crippen LogP contribution in [-0.2, 0) is 0 Å². The third-order valence-corrected chi connectivity index (χ3v) is 3.64. The van der Waals surface area contributed by atoms with Crippen molar-refractivity contribution >= 4 is 0 Å². The molecule has 3 aliphatic heterocycles. The smallest absolute Gasteiger partial charge is 0.176 e. The fourth-order valence-electron chi connectivity index (χ4n) is 2.60. The van der Waals surface area contributed by atoms with Gasteiger partial charge in [0.05, 0.1) is 19.6 Å². The van der Waals surface area contributed by atoms with E-state index in [-0.39, 0.29) is 0 Å². The number of hydrogen-bond acceptors (Lipinski definition) is 0.